The minimum absolute atomic E-state index is 0.0343. The Labute approximate surface area is 117 Å². The van der Waals surface area contributed by atoms with Crippen LogP contribution in [0.25, 0.3) is 11.1 Å². The Morgan fingerprint density at radius 1 is 1.21 bits per heavy atom. The van der Waals surface area contributed by atoms with Gasteiger partial charge in [-0.3, -0.25) is 0 Å². The van der Waals surface area contributed by atoms with E-state index in [9.17, 15) is 14.3 Å². The lowest BCUT2D eigenvalue weighted by atomic mass is 10.0. The third-order valence-corrected chi connectivity index (χ3v) is 3.13. The fourth-order valence-electron chi connectivity index (χ4n) is 1.70. The van der Waals surface area contributed by atoms with Gasteiger partial charge < -0.3 is 9.84 Å². The van der Waals surface area contributed by atoms with Crippen LogP contribution in [-0.4, -0.2) is 18.2 Å². The van der Waals surface area contributed by atoms with Gasteiger partial charge in [0.25, 0.3) is 0 Å². The summed E-state index contributed by atoms with van der Waals surface area (Å²) in [6.45, 7) is 0. The second kappa shape index (κ2) is 5.40. The maximum Gasteiger partial charge on any atom is 0.337 e. The monoisotopic (exact) mass is 324 g/mol. The van der Waals surface area contributed by atoms with E-state index in [0.29, 0.717) is 5.56 Å². The van der Waals surface area contributed by atoms with E-state index in [1.165, 1.54) is 25.3 Å². The summed E-state index contributed by atoms with van der Waals surface area (Å²) >= 11 is 3.26. The van der Waals surface area contributed by atoms with Crippen molar-refractivity contribution in [3.8, 4) is 16.9 Å². The van der Waals surface area contributed by atoms with Crippen LogP contribution < -0.4 is 0 Å². The topological polar surface area (TPSA) is 46.5 Å². The zero-order valence-corrected chi connectivity index (χ0v) is 11.6. The van der Waals surface area contributed by atoms with Crippen LogP contribution in [0.3, 0.4) is 0 Å². The molecule has 0 saturated carbocycles. The summed E-state index contributed by atoms with van der Waals surface area (Å²) in [6, 6.07) is 8.69. The molecule has 2 rings (SSSR count). The van der Waals surface area contributed by atoms with Gasteiger partial charge in [0.05, 0.1) is 12.7 Å². The van der Waals surface area contributed by atoms with E-state index in [2.05, 4.69) is 20.7 Å². The van der Waals surface area contributed by atoms with Gasteiger partial charge in [-0.1, -0.05) is 22.0 Å². The Morgan fingerprint density at radius 3 is 2.58 bits per heavy atom. The van der Waals surface area contributed by atoms with Gasteiger partial charge in [0, 0.05) is 15.6 Å². The van der Waals surface area contributed by atoms with Crippen LogP contribution in [-0.2, 0) is 4.74 Å². The van der Waals surface area contributed by atoms with Crippen molar-refractivity contribution < 1.29 is 19.0 Å². The van der Waals surface area contributed by atoms with Crippen molar-refractivity contribution in [1.29, 1.82) is 0 Å². The first-order valence-corrected chi connectivity index (χ1v) is 6.19. The quantitative estimate of drug-likeness (QED) is 0.856. The SMILES string of the molecule is COC(=O)c1ccc(-c2cc(Br)ccc2O)c(F)c1. The summed E-state index contributed by atoms with van der Waals surface area (Å²) in [4.78, 5) is 11.3. The predicted octanol–water partition coefficient (Wildman–Crippen LogP) is 3.75. The zero-order valence-electron chi connectivity index (χ0n) is 9.98. The molecule has 0 atom stereocenters. The number of phenols is 1. The smallest absolute Gasteiger partial charge is 0.337 e. The van der Waals surface area contributed by atoms with Crippen LogP contribution in [0.15, 0.2) is 40.9 Å². The van der Waals surface area contributed by atoms with Crippen molar-refractivity contribution in [3.05, 3.63) is 52.3 Å². The molecule has 0 aromatic heterocycles. The molecule has 0 unspecified atom stereocenters. The molecular formula is C14H10BrFO3. The average Bonchev–Trinajstić information content (AvgIpc) is 2.41. The van der Waals surface area contributed by atoms with Crippen LogP contribution in [0.5, 0.6) is 5.75 Å². The Balaban J connectivity index is 2.52. The third-order valence-electron chi connectivity index (χ3n) is 2.64. The van der Waals surface area contributed by atoms with Gasteiger partial charge in [-0.25, -0.2) is 9.18 Å². The molecule has 1 N–H and O–H groups in total. The van der Waals surface area contributed by atoms with Crippen LogP contribution in [0.2, 0.25) is 0 Å². The van der Waals surface area contributed by atoms with E-state index in [-0.39, 0.29) is 16.9 Å². The molecule has 2 aromatic rings. The van der Waals surface area contributed by atoms with E-state index in [1.807, 2.05) is 0 Å². The normalized spacial score (nSPS) is 10.3. The van der Waals surface area contributed by atoms with Gasteiger partial charge in [0.2, 0.25) is 0 Å². The summed E-state index contributed by atoms with van der Waals surface area (Å²) in [5.74, 6) is -1.24. The number of halogens is 2. The van der Waals surface area contributed by atoms with Gasteiger partial charge in [-0.05, 0) is 30.3 Å². The van der Waals surface area contributed by atoms with Gasteiger partial charge in [0.1, 0.15) is 11.6 Å². The van der Waals surface area contributed by atoms with E-state index in [0.717, 1.165) is 10.5 Å². The number of rotatable bonds is 2. The Kier molecular flexibility index (Phi) is 3.85. The number of carbonyl (C=O) groups excluding carboxylic acids is 1. The molecule has 98 valence electrons. The number of hydrogen-bond donors (Lipinski definition) is 1. The standard InChI is InChI=1S/C14H10BrFO3/c1-19-14(18)8-2-4-10(12(16)6-8)11-7-9(15)3-5-13(11)17/h2-7,17H,1H3. The molecule has 0 saturated heterocycles. The first-order chi connectivity index (χ1) is 9.02. The number of hydrogen-bond acceptors (Lipinski definition) is 3. The molecule has 3 nitrogen and oxygen atoms in total. The van der Waals surface area contributed by atoms with E-state index < -0.39 is 11.8 Å². The predicted molar refractivity (Wildman–Crippen MR) is 72.5 cm³/mol. The minimum Gasteiger partial charge on any atom is -0.507 e. The largest absolute Gasteiger partial charge is 0.507 e. The van der Waals surface area contributed by atoms with E-state index in [1.54, 1.807) is 12.1 Å². The maximum absolute atomic E-state index is 14.0. The fourth-order valence-corrected chi connectivity index (χ4v) is 2.06. The fraction of sp³-hybridized carbons (Fsp3) is 0.0714. The highest BCUT2D eigenvalue weighted by atomic mass is 79.9. The van der Waals surface area contributed by atoms with E-state index in [4.69, 9.17) is 0 Å². The lowest BCUT2D eigenvalue weighted by molar-refractivity contribution is 0.0600. The molecular weight excluding hydrogens is 315 g/mol. The van der Waals surface area contributed by atoms with Gasteiger partial charge >= 0.3 is 5.97 Å². The molecule has 0 fully saturated rings. The number of carbonyl (C=O) groups is 1. The lowest BCUT2D eigenvalue weighted by Crippen LogP contribution is -2.02. The number of phenolic OH excluding ortho intramolecular Hbond substituents is 1. The van der Waals surface area contributed by atoms with Crippen molar-refractivity contribution in [2.24, 2.45) is 0 Å². The Morgan fingerprint density at radius 2 is 1.95 bits per heavy atom. The minimum atomic E-state index is -0.607. The highest BCUT2D eigenvalue weighted by molar-refractivity contribution is 9.10. The average molecular weight is 325 g/mol. The zero-order chi connectivity index (χ0) is 14.0. The van der Waals surface area contributed by atoms with Crippen LogP contribution >= 0.6 is 15.9 Å². The summed E-state index contributed by atoms with van der Waals surface area (Å²) in [6.07, 6.45) is 0. The van der Waals surface area contributed by atoms with Crippen molar-refractivity contribution >= 4 is 21.9 Å². The van der Waals surface area contributed by atoms with Gasteiger partial charge in [-0.15, -0.1) is 0 Å². The molecule has 0 aliphatic rings. The number of aromatic hydroxyl groups is 1. The lowest BCUT2D eigenvalue weighted by Gasteiger charge is -2.08. The summed E-state index contributed by atoms with van der Waals surface area (Å²) in [5.41, 5.74) is 0.688. The third kappa shape index (κ3) is 2.76. The summed E-state index contributed by atoms with van der Waals surface area (Å²) in [5, 5.41) is 9.76. The molecule has 0 bridgehead atoms. The molecule has 0 spiro atoms. The molecule has 2 aromatic carbocycles. The van der Waals surface area contributed by atoms with Crippen LogP contribution in [0.1, 0.15) is 10.4 Å². The highest BCUT2D eigenvalue weighted by Gasteiger charge is 2.13. The van der Waals surface area contributed by atoms with Gasteiger partial charge in [0.15, 0.2) is 0 Å². The Hall–Kier alpha value is -1.88. The van der Waals surface area contributed by atoms with Crippen molar-refractivity contribution in [2.75, 3.05) is 7.11 Å². The molecule has 0 aliphatic heterocycles. The molecule has 0 radical (unpaired) electrons. The van der Waals surface area contributed by atoms with Crippen LogP contribution in [0, 0.1) is 5.82 Å². The number of ether oxygens (including phenoxy) is 1. The highest BCUT2D eigenvalue weighted by Crippen LogP contribution is 2.33. The molecule has 19 heavy (non-hydrogen) atoms. The van der Waals surface area contributed by atoms with Crippen molar-refractivity contribution in [2.45, 2.75) is 0 Å². The molecule has 5 heteroatoms. The van der Waals surface area contributed by atoms with Gasteiger partial charge in [-0.2, -0.15) is 0 Å². The summed E-state index contributed by atoms with van der Waals surface area (Å²) < 4.78 is 19.2. The van der Waals surface area contributed by atoms with Crippen molar-refractivity contribution in [1.82, 2.24) is 0 Å². The Bertz CT molecular complexity index is 641. The first kappa shape index (κ1) is 13.5. The second-order valence-electron chi connectivity index (χ2n) is 3.85. The number of esters is 1. The maximum atomic E-state index is 14.0. The first-order valence-electron chi connectivity index (χ1n) is 5.39. The van der Waals surface area contributed by atoms with Crippen LogP contribution in [0.4, 0.5) is 4.39 Å². The second-order valence-corrected chi connectivity index (χ2v) is 4.76. The number of methoxy groups -OCH3 is 1. The van der Waals surface area contributed by atoms with Crippen molar-refractivity contribution in [3.63, 3.8) is 0 Å². The number of benzene rings is 2. The molecule has 0 heterocycles. The van der Waals surface area contributed by atoms with E-state index >= 15 is 0 Å². The molecule has 0 amide bonds. The molecule has 0 aliphatic carbocycles. The summed E-state index contributed by atoms with van der Waals surface area (Å²) in [7, 11) is 1.23.